The molecule has 5 heterocycles. The van der Waals surface area contributed by atoms with Crippen molar-refractivity contribution in [2.24, 2.45) is 5.73 Å². The van der Waals surface area contributed by atoms with Gasteiger partial charge in [0.15, 0.2) is 11.5 Å². The average molecular weight is 683 g/mol. The van der Waals surface area contributed by atoms with Crippen molar-refractivity contribution in [1.82, 2.24) is 43.6 Å². The number of aromatic nitrogens is 9. The number of rotatable bonds is 12. The fourth-order valence-corrected chi connectivity index (χ4v) is 5.71. The van der Waals surface area contributed by atoms with E-state index in [4.69, 9.17) is 10.5 Å². The molecule has 6 rings (SSSR count). The summed E-state index contributed by atoms with van der Waals surface area (Å²) in [7, 11) is 1.37. The van der Waals surface area contributed by atoms with Crippen LogP contribution >= 0.6 is 0 Å². The molecule has 0 aliphatic carbocycles. The van der Waals surface area contributed by atoms with E-state index in [-0.39, 0.29) is 53.4 Å². The van der Waals surface area contributed by atoms with E-state index < -0.39 is 23.2 Å². The van der Waals surface area contributed by atoms with E-state index in [2.05, 4.69) is 35.8 Å². The molecule has 50 heavy (non-hydrogen) atoms. The molecule has 6 aromatic rings. The van der Waals surface area contributed by atoms with Crippen LogP contribution in [0.4, 0.5) is 16.3 Å². The predicted octanol–water partition coefficient (Wildman–Crippen LogP) is 3.84. The zero-order valence-corrected chi connectivity index (χ0v) is 28.1. The maximum absolute atomic E-state index is 15.6. The van der Waals surface area contributed by atoms with Crippen LogP contribution in [0.3, 0.4) is 0 Å². The molecule has 0 radical (unpaired) electrons. The van der Waals surface area contributed by atoms with Gasteiger partial charge in [-0.15, -0.1) is 0 Å². The number of hydrogen-bond donors (Lipinski definition) is 3. The summed E-state index contributed by atoms with van der Waals surface area (Å²) in [5.41, 5.74) is 8.18. The highest BCUT2D eigenvalue weighted by Gasteiger charge is 2.25. The number of benzene rings is 1. The van der Waals surface area contributed by atoms with Gasteiger partial charge in [0.25, 0.3) is 17.7 Å². The first kappa shape index (κ1) is 33.5. The third kappa shape index (κ3) is 6.15. The third-order valence-corrected chi connectivity index (χ3v) is 7.97. The van der Waals surface area contributed by atoms with Crippen molar-refractivity contribution in [3.05, 3.63) is 82.8 Å². The molecule has 16 nitrogen and oxygen atoms in total. The normalized spacial score (nSPS) is 11.6. The van der Waals surface area contributed by atoms with Crippen molar-refractivity contribution >= 4 is 51.8 Å². The molecule has 0 saturated carbocycles. The summed E-state index contributed by atoms with van der Waals surface area (Å²) in [6.45, 7) is 8.61. The first-order chi connectivity index (χ1) is 24.0. The van der Waals surface area contributed by atoms with E-state index in [1.165, 1.54) is 13.2 Å². The number of carbonyl (C=O) groups is 3. The second-order valence-electron chi connectivity index (χ2n) is 11.3. The average Bonchev–Trinajstić information content (AvgIpc) is 3.86. The highest BCUT2D eigenvalue weighted by atomic mass is 19.1. The monoisotopic (exact) mass is 682 g/mol. The molecule has 4 N–H and O–H groups in total. The van der Waals surface area contributed by atoms with Crippen LogP contribution in [0.5, 0.6) is 5.75 Å². The number of halogens is 1. The van der Waals surface area contributed by atoms with E-state index in [1.54, 1.807) is 68.0 Å². The summed E-state index contributed by atoms with van der Waals surface area (Å²) in [5.74, 6) is -2.43. The predicted molar refractivity (Wildman–Crippen MR) is 183 cm³/mol. The molecule has 0 atom stereocenters. The van der Waals surface area contributed by atoms with Crippen molar-refractivity contribution < 1.29 is 23.5 Å². The summed E-state index contributed by atoms with van der Waals surface area (Å²) < 4.78 is 27.6. The Morgan fingerprint density at radius 2 is 1.48 bits per heavy atom. The molecule has 0 spiro atoms. The molecule has 0 aliphatic rings. The van der Waals surface area contributed by atoms with E-state index in [0.29, 0.717) is 41.3 Å². The number of nitrogens with zero attached hydrogens (tertiary/aromatic N) is 9. The molecule has 17 heteroatoms. The zero-order chi connectivity index (χ0) is 35.7. The van der Waals surface area contributed by atoms with Gasteiger partial charge in [0.05, 0.1) is 24.1 Å². The van der Waals surface area contributed by atoms with Crippen LogP contribution in [0.2, 0.25) is 0 Å². The molecule has 3 amide bonds. The molecule has 1 aromatic carbocycles. The summed E-state index contributed by atoms with van der Waals surface area (Å²) in [5, 5.41) is 14.3. The number of pyridine rings is 1. The number of nitrogens with two attached hydrogens (primary N) is 1. The van der Waals surface area contributed by atoms with Gasteiger partial charge in [0, 0.05) is 32.4 Å². The van der Waals surface area contributed by atoms with E-state index in [9.17, 15) is 14.4 Å². The van der Waals surface area contributed by atoms with E-state index in [0.717, 1.165) is 0 Å². The van der Waals surface area contributed by atoms with Crippen LogP contribution in [-0.4, -0.2) is 68.5 Å². The van der Waals surface area contributed by atoms with Gasteiger partial charge in [0.1, 0.15) is 33.7 Å². The van der Waals surface area contributed by atoms with Gasteiger partial charge in [-0.3, -0.25) is 38.9 Å². The number of anilines is 2. The van der Waals surface area contributed by atoms with Gasteiger partial charge in [-0.1, -0.05) is 12.2 Å². The van der Waals surface area contributed by atoms with E-state index >= 15 is 4.39 Å². The van der Waals surface area contributed by atoms with Gasteiger partial charge in [-0.25, -0.2) is 19.3 Å². The minimum absolute atomic E-state index is 0.000468. The Morgan fingerprint density at radius 1 is 0.900 bits per heavy atom. The van der Waals surface area contributed by atoms with Crippen molar-refractivity contribution in [2.45, 2.75) is 53.9 Å². The Bertz CT molecular complexity index is 2310. The first-order valence-electron chi connectivity index (χ1n) is 15.8. The van der Waals surface area contributed by atoms with E-state index in [1.807, 2.05) is 20.8 Å². The summed E-state index contributed by atoms with van der Waals surface area (Å²) >= 11 is 0. The summed E-state index contributed by atoms with van der Waals surface area (Å²) in [6, 6.07) is 8.08. The minimum Gasteiger partial charge on any atom is -0.494 e. The largest absolute Gasteiger partial charge is 0.494 e. The lowest BCUT2D eigenvalue weighted by molar-refractivity contribution is 0.0991. The number of aryl methyl sites for hydroxylation is 4. The molecule has 0 bridgehead atoms. The lowest BCUT2D eigenvalue weighted by Crippen LogP contribution is -2.20. The standard InChI is InChI=1S/C33H35FN12O4/c1-6-45-22(15-18(3)41-45)30(48)39-32-37-21-11-10-12-36-29(21)44(32)14-9-8-13-43-27-24(50-5)17-20(28(35)47)25(34)26(27)38-33(43)40-31(49)23-16-19(4)42-46(23)7-2/h8-12,15-17H,6-7,13-14H2,1-5H3,(H2,35,47)(H,37,39,48)(H,38,40,49)/b9-8+. The molecule has 5 aromatic heterocycles. The number of amides is 3. The quantitative estimate of drug-likeness (QED) is 0.161. The number of carbonyl (C=O) groups excluding carboxylic acids is 3. The van der Waals surface area contributed by atoms with Crippen LogP contribution in [-0.2, 0) is 26.2 Å². The van der Waals surface area contributed by atoms with Crippen molar-refractivity contribution in [2.75, 3.05) is 17.7 Å². The summed E-state index contributed by atoms with van der Waals surface area (Å²) in [4.78, 5) is 52.2. The summed E-state index contributed by atoms with van der Waals surface area (Å²) in [6.07, 6.45) is 5.21. The lowest BCUT2D eigenvalue weighted by Gasteiger charge is -2.12. The Balaban J connectivity index is 1.35. The smallest absolute Gasteiger partial charge is 0.276 e. The molecule has 0 aliphatic heterocycles. The maximum Gasteiger partial charge on any atom is 0.276 e. The number of fused-ring (bicyclic) bond motifs is 2. The number of methoxy groups -OCH3 is 1. The SMILES string of the molecule is CCn1nc(C)cc1C(=O)Nc1nc2cccnc2n1C/C=C/Cn1c(NC(=O)c2cc(C)nn2CC)nc2c(F)c(C(N)=O)cc(OC)c21. The highest BCUT2D eigenvalue weighted by Crippen LogP contribution is 2.33. The maximum atomic E-state index is 15.6. The van der Waals surface area contributed by atoms with Crippen LogP contribution in [0.15, 0.2) is 48.7 Å². The topological polar surface area (TPSA) is 195 Å². The number of hydrogen-bond acceptors (Lipinski definition) is 9. The van der Waals surface area contributed by atoms with Gasteiger partial charge >= 0.3 is 0 Å². The Labute approximate surface area is 284 Å². The van der Waals surface area contributed by atoms with Gasteiger partial charge in [0.2, 0.25) is 11.9 Å². The van der Waals surface area contributed by atoms with Crippen molar-refractivity contribution in [1.29, 1.82) is 0 Å². The Kier molecular flexibility index (Phi) is 9.12. The second kappa shape index (κ2) is 13.6. The Morgan fingerprint density at radius 3 is 2.04 bits per heavy atom. The van der Waals surface area contributed by atoms with Crippen molar-refractivity contribution in [3.8, 4) is 5.75 Å². The highest BCUT2D eigenvalue weighted by molar-refractivity contribution is 6.05. The fourth-order valence-electron chi connectivity index (χ4n) is 5.71. The molecule has 0 fully saturated rings. The first-order valence-corrected chi connectivity index (χ1v) is 15.8. The number of primary amides is 1. The number of nitrogens with one attached hydrogen (secondary N) is 2. The Hall–Kier alpha value is -6.39. The van der Waals surface area contributed by atoms with Crippen LogP contribution < -0.4 is 21.1 Å². The zero-order valence-electron chi connectivity index (χ0n) is 28.1. The molecule has 0 saturated heterocycles. The third-order valence-electron chi connectivity index (χ3n) is 7.97. The van der Waals surface area contributed by atoms with Crippen molar-refractivity contribution in [3.63, 3.8) is 0 Å². The van der Waals surface area contributed by atoms with Crippen LogP contribution in [0, 0.1) is 19.7 Å². The molecular formula is C33H35FN12O4. The van der Waals surface area contributed by atoms with Crippen LogP contribution in [0.25, 0.3) is 22.2 Å². The number of allylic oxidation sites excluding steroid dienone is 2. The number of ether oxygens (including phenoxy) is 1. The fraction of sp³-hybridized carbons (Fsp3) is 0.273. The lowest BCUT2D eigenvalue weighted by atomic mass is 10.1. The van der Waals surface area contributed by atoms with Gasteiger partial charge in [-0.2, -0.15) is 10.2 Å². The van der Waals surface area contributed by atoms with Gasteiger partial charge in [-0.05, 0) is 58.0 Å². The van der Waals surface area contributed by atoms with Gasteiger partial charge < -0.3 is 15.0 Å². The second-order valence-corrected chi connectivity index (χ2v) is 11.3. The molecule has 0 unspecified atom stereocenters. The molecule has 258 valence electrons. The minimum atomic E-state index is -0.997. The number of imidazole rings is 2. The molecular weight excluding hydrogens is 647 g/mol. The van der Waals surface area contributed by atoms with Crippen LogP contribution in [0.1, 0.15) is 56.6 Å².